The summed E-state index contributed by atoms with van der Waals surface area (Å²) in [7, 11) is 1.28. The molecule has 0 spiro atoms. The van der Waals surface area contributed by atoms with Crippen LogP contribution in [0.25, 0.3) is 0 Å². The number of hydrogen-bond donors (Lipinski definition) is 0. The molecular weight excluding hydrogens is 354 g/mol. The van der Waals surface area contributed by atoms with Gasteiger partial charge in [0.15, 0.2) is 0 Å². The van der Waals surface area contributed by atoms with Crippen molar-refractivity contribution < 1.29 is 23.1 Å². The highest BCUT2D eigenvalue weighted by molar-refractivity contribution is 6.02. The molecule has 1 saturated heterocycles. The van der Waals surface area contributed by atoms with E-state index in [4.69, 9.17) is 4.74 Å². The largest absolute Gasteiger partial charge is 0.497 e. The van der Waals surface area contributed by atoms with Gasteiger partial charge in [-0.25, -0.2) is 8.78 Å². The van der Waals surface area contributed by atoms with Crippen molar-refractivity contribution >= 4 is 17.5 Å². The van der Waals surface area contributed by atoms with Gasteiger partial charge in [0, 0.05) is 30.4 Å². The molecule has 1 aliphatic heterocycles. The molecule has 0 aliphatic carbocycles. The van der Waals surface area contributed by atoms with Crippen molar-refractivity contribution in [3.63, 3.8) is 0 Å². The van der Waals surface area contributed by atoms with Crippen LogP contribution in [0.2, 0.25) is 0 Å². The minimum Gasteiger partial charge on any atom is -0.497 e. The van der Waals surface area contributed by atoms with Gasteiger partial charge in [-0.3, -0.25) is 9.59 Å². The number of carbonyl (C=O) groups is 2. The maximum Gasteiger partial charge on any atom is 0.260 e. The van der Waals surface area contributed by atoms with E-state index >= 15 is 0 Å². The fraction of sp³-hybridized carbons (Fsp3) is 0.300. The minimum atomic E-state index is -1.02. The first kappa shape index (κ1) is 18.8. The molecule has 5 nitrogen and oxygen atoms in total. The van der Waals surface area contributed by atoms with Crippen LogP contribution in [0.4, 0.5) is 14.5 Å². The number of aryl methyl sites for hydroxylation is 1. The lowest BCUT2D eigenvalue weighted by atomic mass is 10.1. The van der Waals surface area contributed by atoms with E-state index < -0.39 is 29.1 Å². The zero-order valence-corrected chi connectivity index (χ0v) is 15.3. The first-order valence-electron chi connectivity index (χ1n) is 8.53. The van der Waals surface area contributed by atoms with Crippen molar-refractivity contribution in [3.05, 3.63) is 59.2 Å². The van der Waals surface area contributed by atoms with Gasteiger partial charge >= 0.3 is 0 Å². The number of anilines is 1. The summed E-state index contributed by atoms with van der Waals surface area (Å²) < 4.78 is 33.3. The topological polar surface area (TPSA) is 49.9 Å². The average Bonchev–Trinajstić information content (AvgIpc) is 2.62. The van der Waals surface area contributed by atoms with Gasteiger partial charge in [-0.1, -0.05) is 12.1 Å². The molecule has 1 aliphatic rings. The normalized spacial score (nSPS) is 17.2. The Morgan fingerprint density at radius 3 is 2.44 bits per heavy atom. The molecule has 0 unspecified atom stereocenters. The Bertz CT molecular complexity index is 878. The Kier molecular flexibility index (Phi) is 5.12. The van der Waals surface area contributed by atoms with Gasteiger partial charge in [-0.05, 0) is 31.5 Å². The molecule has 2 amide bonds. The van der Waals surface area contributed by atoms with Gasteiger partial charge in [0.05, 0.1) is 7.11 Å². The summed E-state index contributed by atoms with van der Waals surface area (Å²) in [4.78, 5) is 28.1. The van der Waals surface area contributed by atoms with Crippen LogP contribution in [0.15, 0.2) is 36.4 Å². The zero-order chi connectivity index (χ0) is 19.7. The van der Waals surface area contributed by atoms with Crippen molar-refractivity contribution in [1.82, 2.24) is 4.90 Å². The molecular formula is C20H20F2N2O3. The van der Waals surface area contributed by atoms with E-state index in [2.05, 4.69) is 0 Å². The highest BCUT2D eigenvalue weighted by Gasteiger charge is 2.35. The summed E-state index contributed by atoms with van der Waals surface area (Å²) in [6.45, 7) is 3.66. The van der Waals surface area contributed by atoms with Gasteiger partial charge in [-0.2, -0.15) is 0 Å². The fourth-order valence-electron chi connectivity index (χ4n) is 3.18. The highest BCUT2D eigenvalue weighted by Crippen LogP contribution is 2.26. The molecule has 142 valence electrons. The summed E-state index contributed by atoms with van der Waals surface area (Å²) in [5.74, 6) is -3.20. The van der Waals surface area contributed by atoms with Gasteiger partial charge in [0.1, 0.15) is 29.5 Å². The van der Waals surface area contributed by atoms with E-state index in [1.165, 1.54) is 12.0 Å². The quantitative estimate of drug-likeness (QED) is 0.829. The van der Waals surface area contributed by atoms with E-state index in [0.717, 1.165) is 23.4 Å². The molecule has 7 heteroatoms. The Morgan fingerprint density at radius 2 is 1.85 bits per heavy atom. The van der Waals surface area contributed by atoms with Crippen molar-refractivity contribution in [2.45, 2.75) is 19.9 Å². The molecule has 0 saturated carbocycles. The number of halogens is 2. The maximum absolute atomic E-state index is 14.3. The van der Waals surface area contributed by atoms with E-state index in [-0.39, 0.29) is 24.7 Å². The molecule has 27 heavy (non-hydrogen) atoms. The molecule has 0 bridgehead atoms. The lowest BCUT2D eigenvalue weighted by Crippen LogP contribution is -2.57. The number of nitrogens with zero attached hydrogens (tertiary/aromatic N) is 2. The Balaban J connectivity index is 1.86. The Labute approximate surface area is 156 Å². The SMILES string of the molecule is COc1cc(F)c(C(=O)N2CC(=O)N(c3cccc(C)c3)C[C@H]2C)c(F)c1. The molecule has 0 aromatic heterocycles. The second kappa shape index (κ2) is 7.34. The Morgan fingerprint density at radius 1 is 1.19 bits per heavy atom. The third-order valence-electron chi connectivity index (χ3n) is 4.62. The van der Waals surface area contributed by atoms with Gasteiger partial charge in [0.2, 0.25) is 5.91 Å². The van der Waals surface area contributed by atoms with Gasteiger partial charge in [0.25, 0.3) is 5.91 Å². The molecule has 2 aromatic rings. The lowest BCUT2D eigenvalue weighted by molar-refractivity contribution is -0.121. The second-order valence-electron chi connectivity index (χ2n) is 6.59. The standard InChI is InChI=1S/C20H20F2N2O3/c1-12-5-4-6-14(7-12)24-10-13(2)23(11-18(24)25)20(26)19-16(21)8-15(27-3)9-17(19)22/h4-9,13H,10-11H2,1-3H3/t13-/m1/s1. The van der Waals surface area contributed by atoms with Crippen LogP contribution in [0.1, 0.15) is 22.8 Å². The van der Waals surface area contributed by atoms with Crippen LogP contribution < -0.4 is 9.64 Å². The number of piperazine rings is 1. The predicted octanol–water partition coefficient (Wildman–Crippen LogP) is 3.16. The number of carbonyl (C=O) groups excluding carboxylic acids is 2. The summed E-state index contributed by atoms with van der Waals surface area (Å²) >= 11 is 0. The number of amides is 2. The Hall–Kier alpha value is -2.96. The van der Waals surface area contributed by atoms with E-state index in [0.29, 0.717) is 0 Å². The predicted molar refractivity (Wildman–Crippen MR) is 96.9 cm³/mol. The van der Waals surface area contributed by atoms with Crippen LogP contribution in [-0.2, 0) is 4.79 Å². The number of hydrogen-bond acceptors (Lipinski definition) is 3. The summed E-state index contributed by atoms with van der Waals surface area (Å²) in [6, 6.07) is 8.96. The third-order valence-corrected chi connectivity index (χ3v) is 4.62. The van der Waals surface area contributed by atoms with Crippen molar-refractivity contribution in [1.29, 1.82) is 0 Å². The highest BCUT2D eigenvalue weighted by atomic mass is 19.1. The zero-order valence-electron chi connectivity index (χ0n) is 15.3. The van der Waals surface area contributed by atoms with E-state index in [1.807, 2.05) is 31.2 Å². The van der Waals surface area contributed by atoms with Crippen LogP contribution in [0.5, 0.6) is 5.75 Å². The fourth-order valence-corrected chi connectivity index (χ4v) is 3.18. The molecule has 3 rings (SSSR count). The first-order valence-corrected chi connectivity index (χ1v) is 8.53. The average molecular weight is 374 g/mol. The molecule has 1 fully saturated rings. The number of methoxy groups -OCH3 is 1. The van der Waals surface area contributed by atoms with E-state index in [9.17, 15) is 18.4 Å². The smallest absolute Gasteiger partial charge is 0.260 e. The van der Waals surface area contributed by atoms with Gasteiger partial charge < -0.3 is 14.5 Å². The third kappa shape index (κ3) is 3.63. The lowest BCUT2D eigenvalue weighted by Gasteiger charge is -2.39. The van der Waals surface area contributed by atoms with Crippen LogP contribution in [-0.4, -0.2) is 43.0 Å². The number of benzene rings is 2. The van der Waals surface area contributed by atoms with Crippen molar-refractivity contribution in [3.8, 4) is 5.75 Å². The summed E-state index contributed by atoms with van der Waals surface area (Å²) in [5, 5.41) is 0. The molecule has 2 aromatic carbocycles. The van der Waals surface area contributed by atoms with Crippen molar-refractivity contribution in [2.75, 3.05) is 25.1 Å². The van der Waals surface area contributed by atoms with E-state index in [1.54, 1.807) is 11.8 Å². The number of ether oxygens (including phenoxy) is 1. The summed E-state index contributed by atoms with van der Waals surface area (Å²) in [5.41, 5.74) is 1.06. The molecule has 1 heterocycles. The first-order chi connectivity index (χ1) is 12.8. The molecule has 0 radical (unpaired) electrons. The maximum atomic E-state index is 14.3. The van der Waals surface area contributed by atoms with Crippen molar-refractivity contribution in [2.24, 2.45) is 0 Å². The number of rotatable bonds is 3. The monoisotopic (exact) mass is 374 g/mol. The van der Waals surface area contributed by atoms with Crippen LogP contribution >= 0.6 is 0 Å². The van der Waals surface area contributed by atoms with Crippen LogP contribution in [0, 0.1) is 18.6 Å². The molecule has 1 atom stereocenters. The minimum absolute atomic E-state index is 0.0186. The summed E-state index contributed by atoms with van der Waals surface area (Å²) in [6.07, 6.45) is 0. The van der Waals surface area contributed by atoms with Gasteiger partial charge in [-0.15, -0.1) is 0 Å². The van der Waals surface area contributed by atoms with Crippen LogP contribution in [0.3, 0.4) is 0 Å². The molecule has 0 N–H and O–H groups in total. The second-order valence-corrected chi connectivity index (χ2v) is 6.59.